The average Bonchev–Trinajstić information content (AvgIpc) is 2.56. The van der Waals surface area contributed by atoms with Gasteiger partial charge in [0.25, 0.3) is 11.8 Å². The molecule has 0 unspecified atom stereocenters. The second kappa shape index (κ2) is 7.84. The van der Waals surface area contributed by atoms with Gasteiger partial charge in [-0.1, -0.05) is 11.6 Å². The van der Waals surface area contributed by atoms with Gasteiger partial charge < -0.3 is 15.4 Å². The Kier molecular flexibility index (Phi) is 5.82. The number of ether oxygens (including phenoxy) is 1. The fourth-order valence-corrected chi connectivity index (χ4v) is 2.26. The van der Waals surface area contributed by atoms with Crippen LogP contribution in [0.1, 0.15) is 34.6 Å². The third-order valence-corrected chi connectivity index (χ3v) is 3.42. The lowest BCUT2D eigenvalue weighted by molar-refractivity contribution is 0.0962. The van der Waals surface area contributed by atoms with Crippen molar-refractivity contribution in [3.8, 4) is 5.75 Å². The second-order valence-electron chi connectivity index (χ2n) is 5.42. The van der Waals surface area contributed by atoms with Crippen molar-refractivity contribution >= 4 is 29.1 Å². The molecule has 0 spiro atoms. The molecule has 0 radical (unpaired) electrons. The number of rotatable bonds is 5. The van der Waals surface area contributed by atoms with Crippen molar-refractivity contribution in [3.63, 3.8) is 0 Å². The largest absolute Gasteiger partial charge is 0.490 e. The highest BCUT2D eigenvalue weighted by Crippen LogP contribution is 2.25. The zero-order valence-corrected chi connectivity index (χ0v) is 14.5. The van der Waals surface area contributed by atoms with E-state index < -0.39 is 0 Å². The van der Waals surface area contributed by atoms with Crippen molar-refractivity contribution in [3.05, 3.63) is 58.6 Å². The van der Waals surface area contributed by atoms with Crippen molar-refractivity contribution in [1.29, 1.82) is 0 Å². The van der Waals surface area contributed by atoms with Crippen LogP contribution in [0.25, 0.3) is 0 Å². The van der Waals surface area contributed by atoms with Gasteiger partial charge in [0.15, 0.2) is 0 Å². The Labute approximate surface area is 146 Å². The van der Waals surface area contributed by atoms with E-state index in [1.807, 2.05) is 13.8 Å². The summed E-state index contributed by atoms with van der Waals surface area (Å²) < 4.78 is 5.65. The van der Waals surface area contributed by atoms with Crippen LogP contribution < -0.4 is 15.4 Å². The number of nitrogens with one attached hydrogen (secondary N) is 2. The summed E-state index contributed by atoms with van der Waals surface area (Å²) in [5.41, 5.74) is 1.44. The summed E-state index contributed by atoms with van der Waals surface area (Å²) in [5, 5.41) is 5.77. The third kappa shape index (κ3) is 4.49. The van der Waals surface area contributed by atoms with Gasteiger partial charge in [-0.25, -0.2) is 0 Å². The minimum absolute atomic E-state index is 0.0652. The number of anilines is 1. The minimum Gasteiger partial charge on any atom is -0.490 e. The Morgan fingerprint density at radius 2 is 1.71 bits per heavy atom. The molecule has 6 heteroatoms. The van der Waals surface area contributed by atoms with E-state index >= 15 is 0 Å². The van der Waals surface area contributed by atoms with Crippen molar-refractivity contribution in [2.24, 2.45) is 0 Å². The molecular weight excluding hydrogens is 328 g/mol. The van der Waals surface area contributed by atoms with Crippen LogP contribution in [0.5, 0.6) is 5.75 Å². The molecule has 0 bridgehead atoms. The van der Waals surface area contributed by atoms with Crippen LogP contribution in [0.15, 0.2) is 42.5 Å². The molecule has 0 aromatic heterocycles. The molecule has 24 heavy (non-hydrogen) atoms. The molecule has 0 aliphatic rings. The van der Waals surface area contributed by atoms with E-state index in [1.54, 1.807) is 49.5 Å². The fraction of sp³-hybridized carbons (Fsp3) is 0.222. The van der Waals surface area contributed by atoms with Gasteiger partial charge in [0.05, 0.1) is 11.7 Å². The summed E-state index contributed by atoms with van der Waals surface area (Å²) in [5.74, 6) is -0.0509. The highest BCUT2D eigenvalue weighted by atomic mass is 35.5. The number of carbonyl (C=O) groups excluding carboxylic acids is 2. The first-order valence-electron chi connectivity index (χ1n) is 7.50. The van der Waals surface area contributed by atoms with Crippen LogP contribution in [0, 0.1) is 0 Å². The second-order valence-corrected chi connectivity index (χ2v) is 5.85. The van der Waals surface area contributed by atoms with E-state index in [-0.39, 0.29) is 17.9 Å². The standard InChI is InChI=1S/C18H19ClN2O3/c1-11(2)24-16-9-6-13(19)10-15(16)18(23)21-14-7-4-12(5-8-14)17(22)20-3/h4-11H,1-3H3,(H,20,22)(H,21,23). The molecule has 0 fully saturated rings. The van der Waals surface area contributed by atoms with E-state index in [0.717, 1.165) is 0 Å². The highest BCUT2D eigenvalue weighted by Gasteiger charge is 2.15. The lowest BCUT2D eigenvalue weighted by atomic mass is 10.1. The Balaban J connectivity index is 2.20. The van der Waals surface area contributed by atoms with Crippen LogP contribution in [0.2, 0.25) is 5.02 Å². The molecular formula is C18H19ClN2O3. The summed E-state index contributed by atoms with van der Waals surface area (Å²) in [6.07, 6.45) is -0.0652. The van der Waals surface area contributed by atoms with Gasteiger partial charge in [0.1, 0.15) is 5.75 Å². The molecule has 2 rings (SSSR count). The van der Waals surface area contributed by atoms with Crippen molar-refractivity contribution in [1.82, 2.24) is 5.32 Å². The van der Waals surface area contributed by atoms with Crippen LogP contribution >= 0.6 is 11.6 Å². The summed E-state index contributed by atoms with van der Waals surface area (Å²) >= 11 is 5.99. The Morgan fingerprint density at radius 1 is 1.04 bits per heavy atom. The number of carbonyl (C=O) groups is 2. The van der Waals surface area contributed by atoms with Gasteiger partial charge in [0, 0.05) is 23.3 Å². The number of hydrogen-bond acceptors (Lipinski definition) is 3. The highest BCUT2D eigenvalue weighted by molar-refractivity contribution is 6.31. The summed E-state index contributed by atoms with van der Waals surface area (Å²) in [4.78, 5) is 24.0. The predicted octanol–water partition coefficient (Wildman–Crippen LogP) is 3.74. The topological polar surface area (TPSA) is 67.4 Å². The van der Waals surface area contributed by atoms with Crippen LogP contribution in [0.3, 0.4) is 0 Å². The molecule has 126 valence electrons. The fourth-order valence-electron chi connectivity index (χ4n) is 2.08. The zero-order valence-electron chi connectivity index (χ0n) is 13.7. The lowest BCUT2D eigenvalue weighted by Crippen LogP contribution is -2.18. The van der Waals surface area contributed by atoms with E-state index in [9.17, 15) is 9.59 Å². The van der Waals surface area contributed by atoms with Crippen LogP contribution in [0.4, 0.5) is 5.69 Å². The van der Waals surface area contributed by atoms with Gasteiger partial charge in [-0.15, -0.1) is 0 Å². The first-order valence-corrected chi connectivity index (χ1v) is 7.88. The third-order valence-electron chi connectivity index (χ3n) is 3.18. The Bertz CT molecular complexity index is 742. The molecule has 2 N–H and O–H groups in total. The van der Waals surface area contributed by atoms with E-state index in [2.05, 4.69) is 10.6 Å². The van der Waals surface area contributed by atoms with E-state index in [1.165, 1.54) is 0 Å². The zero-order chi connectivity index (χ0) is 17.7. The first kappa shape index (κ1) is 17.8. The SMILES string of the molecule is CNC(=O)c1ccc(NC(=O)c2cc(Cl)ccc2OC(C)C)cc1. The van der Waals surface area contributed by atoms with Gasteiger partial charge >= 0.3 is 0 Å². The summed E-state index contributed by atoms with van der Waals surface area (Å²) in [7, 11) is 1.56. The molecule has 0 aliphatic carbocycles. The molecule has 5 nitrogen and oxygen atoms in total. The molecule has 0 atom stereocenters. The van der Waals surface area contributed by atoms with Crippen LogP contribution in [-0.4, -0.2) is 25.0 Å². The number of hydrogen-bond donors (Lipinski definition) is 2. The van der Waals surface area contributed by atoms with Gasteiger partial charge in [-0.05, 0) is 56.3 Å². The molecule has 2 amide bonds. The predicted molar refractivity (Wildman–Crippen MR) is 95.0 cm³/mol. The number of benzene rings is 2. The maximum absolute atomic E-state index is 12.5. The first-order chi connectivity index (χ1) is 11.4. The van der Waals surface area contributed by atoms with Crippen molar-refractivity contribution in [2.45, 2.75) is 20.0 Å². The Morgan fingerprint density at radius 3 is 2.29 bits per heavy atom. The number of amides is 2. The maximum Gasteiger partial charge on any atom is 0.259 e. The van der Waals surface area contributed by atoms with E-state index in [0.29, 0.717) is 27.6 Å². The van der Waals surface area contributed by atoms with Gasteiger partial charge in [0.2, 0.25) is 0 Å². The quantitative estimate of drug-likeness (QED) is 0.866. The Hall–Kier alpha value is -2.53. The van der Waals surface area contributed by atoms with Gasteiger partial charge in [-0.2, -0.15) is 0 Å². The molecule has 0 heterocycles. The molecule has 2 aromatic carbocycles. The van der Waals surface area contributed by atoms with Crippen molar-refractivity contribution in [2.75, 3.05) is 12.4 Å². The summed E-state index contributed by atoms with van der Waals surface area (Å²) in [6.45, 7) is 3.77. The van der Waals surface area contributed by atoms with Gasteiger partial charge in [-0.3, -0.25) is 9.59 Å². The minimum atomic E-state index is -0.333. The summed E-state index contributed by atoms with van der Waals surface area (Å²) in [6, 6.07) is 11.5. The monoisotopic (exact) mass is 346 g/mol. The maximum atomic E-state index is 12.5. The number of halogens is 1. The van der Waals surface area contributed by atoms with Crippen LogP contribution in [-0.2, 0) is 0 Å². The normalized spacial score (nSPS) is 10.4. The molecule has 0 saturated heterocycles. The lowest BCUT2D eigenvalue weighted by Gasteiger charge is -2.14. The van der Waals surface area contributed by atoms with E-state index in [4.69, 9.17) is 16.3 Å². The average molecular weight is 347 g/mol. The smallest absolute Gasteiger partial charge is 0.259 e. The molecule has 2 aromatic rings. The molecule has 0 aliphatic heterocycles. The molecule has 0 saturated carbocycles. The van der Waals surface area contributed by atoms with Crippen molar-refractivity contribution < 1.29 is 14.3 Å².